The first-order valence-electron chi connectivity index (χ1n) is 7.81. The van der Waals surface area contributed by atoms with Crippen LogP contribution in [0.25, 0.3) is 0 Å². The van der Waals surface area contributed by atoms with Gasteiger partial charge in [-0.3, -0.25) is 9.59 Å². The van der Waals surface area contributed by atoms with Crippen LogP contribution in [0.3, 0.4) is 0 Å². The van der Waals surface area contributed by atoms with Crippen molar-refractivity contribution in [2.45, 2.75) is 32.9 Å². The van der Waals surface area contributed by atoms with Crippen molar-refractivity contribution in [3.05, 3.63) is 29.8 Å². The molecule has 0 spiro atoms. The molecular formula is C17H25N3O5. The van der Waals surface area contributed by atoms with Gasteiger partial charge in [-0.25, -0.2) is 4.79 Å². The van der Waals surface area contributed by atoms with E-state index < -0.39 is 11.7 Å². The molecule has 0 unspecified atom stereocenters. The monoisotopic (exact) mass is 351 g/mol. The Hall–Kier alpha value is -2.61. The van der Waals surface area contributed by atoms with Gasteiger partial charge in [-0.15, -0.1) is 0 Å². The number of alkyl carbamates (subject to hydrolysis) is 1. The van der Waals surface area contributed by atoms with Crippen molar-refractivity contribution in [3.8, 4) is 0 Å². The van der Waals surface area contributed by atoms with Gasteiger partial charge in [0.25, 0.3) is 0 Å². The summed E-state index contributed by atoms with van der Waals surface area (Å²) in [7, 11) is 1.43. The van der Waals surface area contributed by atoms with Crippen LogP contribution in [0.2, 0.25) is 0 Å². The Bertz CT molecular complexity index is 611. The van der Waals surface area contributed by atoms with E-state index in [-0.39, 0.29) is 31.5 Å². The Morgan fingerprint density at radius 1 is 1.04 bits per heavy atom. The summed E-state index contributed by atoms with van der Waals surface area (Å²) in [6.45, 7) is 5.16. The smallest absolute Gasteiger partial charge is 0.408 e. The average molecular weight is 351 g/mol. The van der Waals surface area contributed by atoms with Crippen molar-refractivity contribution in [2.24, 2.45) is 0 Å². The quantitative estimate of drug-likeness (QED) is 0.689. The third kappa shape index (κ3) is 8.71. The minimum absolute atomic E-state index is 0.0551. The molecule has 0 aliphatic heterocycles. The third-order valence-corrected chi connectivity index (χ3v) is 2.84. The van der Waals surface area contributed by atoms with Crippen molar-refractivity contribution in [2.75, 3.05) is 25.6 Å². The molecular weight excluding hydrogens is 326 g/mol. The Balaban J connectivity index is 2.48. The number of carbonyl (C=O) groups is 3. The van der Waals surface area contributed by atoms with E-state index in [9.17, 15) is 14.4 Å². The lowest BCUT2D eigenvalue weighted by atomic mass is 10.1. The van der Waals surface area contributed by atoms with E-state index in [4.69, 9.17) is 9.47 Å². The zero-order valence-electron chi connectivity index (χ0n) is 15.0. The summed E-state index contributed by atoms with van der Waals surface area (Å²) in [6, 6.07) is 7.09. The molecule has 8 heteroatoms. The highest BCUT2D eigenvalue weighted by Gasteiger charge is 2.16. The van der Waals surface area contributed by atoms with Gasteiger partial charge in [0.1, 0.15) is 18.8 Å². The van der Waals surface area contributed by atoms with Gasteiger partial charge < -0.3 is 25.4 Å². The number of methoxy groups -OCH3 is 1. The first-order valence-corrected chi connectivity index (χ1v) is 7.81. The maximum absolute atomic E-state index is 11.8. The molecule has 138 valence electrons. The highest BCUT2D eigenvalue weighted by molar-refractivity contribution is 5.92. The van der Waals surface area contributed by atoms with Crippen LogP contribution in [-0.2, 0) is 25.6 Å². The molecule has 8 nitrogen and oxygen atoms in total. The number of hydrogen-bond acceptors (Lipinski definition) is 5. The van der Waals surface area contributed by atoms with Gasteiger partial charge in [-0.2, -0.15) is 0 Å². The molecule has 1 rings (SSSR count). The molecule has 0 saturated heterocycles. The molecule has 3 N–H and O–H groups in total. The van der Waals surface area contributed by atoms with Crippen molar-refractivity contribution in [1.82, 2.24) is 10.6 Å². The lowest BCUT2D eigenvalue weighted by Crippen LogP contribution is -2.39. The summed E-state index contributed by atoms with van der Waals surface area (Å²) in [5.41, 5.74) is 0.697. The molecule has 0 bridgehead atoms. The summed E-state index contributed by atoms with van der Waals surface area (Å²) in [4.78, 5) is 34.9. The fourth-order valence-electron chi connectivity index (χ4n) is 1.84. The number of rotatable bonds is 7. The van der Waals surface area contributed by atoms with Crippen LogP contribution in [-0.4, -0.2) is 43.8 Å². The zero-order valence-corrected chi connectivity index (χ0v) is 15.0. The lowest BCUT2D eigenvalue weighted by molar-refractivity contribution is -0.120. The second kappa shape index (κ2) is 9.63. The molecule has 1 aromatic carbocycles. The Morgan fingerprint density at radius 3 is 2.36 bits per heavy atom. The second-order valence-electron chi connectivity index (χ2n) is 6.27. The maximum Gasteiger partial charge on any atom is 0.408 e. The van der Waals surface area contributed by atoms with Gasteiger partial charge in [-0.05, 0) is 32.4 Å². The Labute approximate surface area is 147 Å². The SMILES string of the molecule is COCC(=O)Nc1ccccc1CNC(=O)CNC(=O)OC(C)(C)C. The predicted octanol–water partition coefficient (Wildman–Crippen LogP) is 1.41. The molecule has 25 heavy (non-hydrogen) atoms. The number of benzene rings is 1. The van der Waals surface area contributed by atoms with E-state index in [1.165, 1.54) is 7.11 Å². The molecule has 0 aromatic heterocycles. The van der Waals surface area contributed by atoms with Gasteiger partial charge in [0.2, 0.25) is 11.8 Å². The number of anilines is 1. The lowest BCUT2D eigenvalue weighted by Gasteiger charge is -2.19. The Morgan fingerprint density at radius 2 is 1.72 bits per heavy atom. The number of hydrogen-bond donors (Lipinski definition) is 3. The van der Waals surface area contributed by atoms with E-state index in [1.807, 2.05) is 0 Å². The number of nitrogens with one attached hydrogen (secondary N) is 3. The Kier molecular flexibility index (Phi) is 7.87. The summed E-state index contributed by atoms with van der Waals surface area (Å²) in [6.07, 6.45) is -0.658. The fraction of sp³-hybridized carbons (Fsp3) is 0.471. The molecule has 1 aromatic rings. The van der Waals surface area contributed by atoms with Crippen molar-refractivity contribution >= 4 is 23.6 Å². The van der Waals surface area contributed by atoms with Gasteiger partial charge in [-0.1, -0.05) is 18.2 Å². The number of ether oxygens (including phenoxy) is 2. The number of carbonyl (C=O) groups excluding carboxylic acids is 3. The molecule has 0 saturated carbocycles. The van der Waals surface area contributed by atoms with E-state index >= 15 is 0 Å². The first-order chi connectivity index (χ1) is 11.7. The first kappa shape index (κ1) is 20.4. The van der Waals surface area contributed by atoms with Crippen LogP contribution >= 0.6 is 0 Å². The second-order valence-corrected chi connectivity index (χ2v) is 6.27. The largest absolute Gasteiger partial charge is 0.444 e. The summed E-state index contributed by atoms with van der Waals surface area (Å²) < 4.78 is 9.82. The molecule has 0 fully saturated rings. The predicted molar refractivity (Wildman–Crippen MR) is 93.0 cm³/mol. The third-order valence-electron chi connectivity index (χ3n) is 2.84. The van der Waals surface area contributed by atoms with E-state index in [1.54, 1.807) is 45.0 Å². The molecule has 0 atom stereocenters. The maximum atomic E-state index is 11.8. The zero-order chi connectivity index (χ0) is 18.9. The van der Waals surface area contributed by atoms with Gasteiger partial charge in [0, 0.05) is 19.3 Å². The minimum atomic E-state index is -0.658. The number of para-hydroxylation sites is 1. The van der Waals surface area contributed by atoms with Crippen LogP contribution in [0.4, 0.5) is 10.5 Å². The molecule has 0 aliphatic rings. The van der Waals surface area contributed by atoms with Crippen molar-refractivity contribution in [1.29, 1.82) is 0 Å². The minimum Gasteiger partial charge on any atom is -0.444 e. The average Bonchev–Trinajstić information content (AvgIpc) is 2.50. The van der Waals surface area contributed by atoms with Gasteiger partial charge in [0.05, 0.1) is 0 Å². The normalized spacial score (nSPS) is 10.7. The van der Waals surface area contributed by atoms with Gasteiger partial charge in [0.15, 0.2) is 0 Å². The van der Waals surface area contributed by atoms with Crippen molar-refractivity contribution < 1.29 is 23.9 Å². The highest BCUT2D eigenvalue weighted by atomic mass is 16.6. The molecule has 0 heterocycles. The van der Waals surface area contributed by atoms with E-state index in [0.717, 1.165) is 5.56 Å². The standard InChI is InChI=1S/C17H25N3O5/c1-17(2,3)25-16(23)19-10-14(21)18-9-12-7-5-6-8-13(12)20-15(22)11-24-4/h5-8H,9-11H2,1-4H3,(H,18,21)(H,19,23)(H,20,22). The number of amides is 3. The topological polar surface area (TPSA) is 106 Å². The molecule has 0 radical (unpaired) electrons. The molecule has 3 amide bonds. The fourth-order valence-corrected chi connectivity index (χ4v) is 1.84. The van der Waals surface area contributed by atoms with E-state index in [0.29, 0.717) is 5.69 Å². The van der Waals surface area contributed by atoms with Crippen LogP contribution < -0.4 is 16.0 Å². The summed E-state index contributed by atoms with van der Waals surface area (Å²) in [5.74, 6) is -0.656. The van der Waals surface area contributed by atoms with Crippen molar-refractivity contribution in [3.63, 3.8) is 0 Å². The highest BCUT2D eigenvalue weighted by Crippen LogP contribution is 2.14. The van der Waals surface area contributed by atoms with Crippen LogP contribution in [0.1, 0.15) is 26.3 Å². The van der Waals surface area contributed by atoms with E-state index in [2.05, 4.69) is 16.0 Å². The summed E-state index contributed by atoms with van der Waals surface area (Å²) >= 11 is 0. The van der Waals surface area contributed by atoms with Crippen LogP contribution in [0.5, 0.6) is 0 Å². The van der Waals surface area contributed by atoms with Crippen LogP contribution in [0, 0.1) is 0 Å². The van der Waals surface area contributed by atoms with Crippen LogP contribution in [0.15, 0.2) is 24.3 Å². The summed E-state index contributed by atoms with van der Waals surface area (Å²) in [5, 5.41) is 7.76. The molecule has 0 aliphatic carbocycles. The van der Waals surface area contributed by atoms with Gasteiger partial charge >= 0.3 is 6.09 Å².